The molecule has 0 amide bonds. The Bertz CT molecular complexity index is 386. The van der Waals surface area contributed by atoms with Crippen molar-refractivity contribution in [2.75, 3.05) is 11.1 Å². The van der Waals surface area contributed by atoms with Crippen molar-refractivity contribution >= 4 is 17.5 Å². The summed E-state index contributed by atoms with van der Waals surface area (Å²) in [6.07, 6.45) is 5.86. The molecule has 2 heterocycles. The van der Waals surface area contributed by atoms with Gasteiger partial charge in [0.25, 0.3) is 0 Å². The summed E-state index contributed by atoms with van der Waals surface area (Å²) in [5.41, 5.74) is 5.43. The smallest absolute Gasteiger partial charge is 0.218 e. The lowest BCUT2D eigenvalue weighted by Crippen LogP contribution is -1.97. The SMILES string of the molecule is Nc1cncc(Nc2cnco2)n1. The van der Waals surface area contributed by atoms with Crippen molar-refractivity contribution < 1.29 is 4.42 Å². The maximum absolute atomic E-state index is 5.43. The average Bonchev–Trinajstić information content (AvgIpc) is 2.57. The minimum absolute atomic E-state index is 0.351. The van der Waals surface area contributed by atoms with Gasteiger partial charge in [0.15, 0.2) is 12.2 Å². The molecule has 6 heteroatoms. The van der Waals surface area contributed by atoms with Gasteiger partial charge in [-0.3, -0.25) is 4.98 Å². The first-order chi connectivity index (χ1) is 6.34. The van der Waals surface area contributed by atoms with Crippen LogP contribution in [0.2, 0.25) is 0 Å². The molecule has 0 aliphatic heterocycles. The van der Waals surface area contributed by atoms with Crippen molar-refractivity contribution in [3.63, 3.8) is 0 Å². The lowest BCUT2D eigenvalue weighted by Gasteiger charge is -1.99. The summed E-state index contributed by atoms with van der Waals surface area (Å²) in [4.78, 5) is 11.5. The Hall–Kier alpha value is -2.11. The highest BCUT2D eigenvalue weighted by Crippen LogP contribution is 2.12. The van der Waals surface area contributed by atoms with E-state index in [1.54, 1.807) is 6.20 Å². The van der Waals surface area contributed by atoms with Gasteiger partial charge in [0, 0.05) is 0 Å². The van der Waals surface area contributed by atoms with E-state index in [0.29, 0.717) is 17.5 Å². The van der Waals surface area contributed by atoms with Gasteiger partial charge in [-0.15, -0.1) is 0 Å². The molecule has 6 nitrogen and oxygen atoms in total. The van der Waals surface area contributed by atoms with Gasteiger partial charge in [-0.25, -0.2) is 9.97 Å². The van der Waals surface area contributed by atoms with Gasteiger partial charge in [0.1, 0.15) is 5.82 Å². The molecular weight excluding hydrogens is 170 g/mol. The van der Waals surface area contributed by atoms with Crippen molar-refractivity contribution in [2.45, 2.75) is 0 Å². The summed E-state index contributed by atoms with van der Waals surface area (Å²) in [6.45, 7) is 0. The Balaban J connectivity index is 2.19. The molecule has 3 N–H and O–H groups in total. The van der Waals surface area contributed by atoms with E-state index in [-0.39, 0.29) is 0 Å². The fourth-order valence-corrected chi connectivity index (χ4v) is 0.845. The minimum Gasteiger partial charge on any atom is -0.428 e. The lowest BCUT2D eigenvalue weighted by atomic mass is 10.6. The number of anilines is 3. The van der Waals surface area contributed by atoms with E-state index in [9.17, 15) is 0 Å². The average molecular weight is 177 g/mol. The third-order valence-corrected chi connectivity index (χ3v) is 1.34. The second kappa shape index (κ2) is 3.10. The number of nitrogen functional groups attached to an aromatic ring is 1. The predicted octanol–water partition coefficient (Wildman–Crippen LogP) is 0.790. The maximum atomic E-state index is 5.43. The maximum Gasteiger partial charge on any atom is 0.218 e. The number of nitrogens with one attached hydrogen (secondary N) is 1. The molecule has 0 radical (unpaired) electrons. The molecule has 2 aromatic rings. The number of oxazole rings is 1. The lowest BCUT2D eigenvalue weighted by molar-refractivity contribution is 0.574. The van der Waals surface area contributed by atoms with Crippen LogP contribution in [0.25, 0.3) is 0 Å². The Kier molecular flexibility index (Phi) is 1.79. The Morgan fingerprint density at radius 3 is 2.85 bits per heavy atom. The monoisotopic (exact) mass is 177 g/mol. The third-order valence-electron chi connectivity index (χ3n) is 1.34. The zero-order chi connectivity index (χ0) is 9.10. The summed E-state index contributed by atoms with van der Waals surface area (Å²) < 4.78 is 4.95. The van der Waals surface area contributed by atoms with Gasteiger partial charge >= 0.3 is 0 Å². The largest absolute Gasteiger partial charge is 0.428 e. The number of nitrogens with two attached hydrogens (primary N) is 1. The Labute approximate surface area is 73.8 Å². The van der Waals surface area contributed by atoms with Crippen LogP contribution in [0.15, 0.2) is 29.4 Å². The highest BCUT2D eigenvalue weighted by molar-refractivity contribution is 5.49. The van der Waals surface area contributed by atoms with Crippen LogP contribution >= 0.6 is 0 Å². The first kappa shape index (κ1) is 7.53. The zero-order valence-electron chi connectivity index (χ0n) is 6.64. The highest BCUT2D eigenvalue weighted by atomic mass is 16.4. The van der Waals surface area contributed by atoms with Crippen LogP contribution in [0.5, 0.6) is 0 Å². The molecule has 0 saturated carbocycles. The number of hydrogen-bond acceptors (Lipinski definition) is 6. The van der Waals surface area contributed by atoms with Crippen molar-refractivity contribution in [2.24, 2.45) is 0 Å². The summed E-state index contributed by atoms with van der Waals surface area (Å²) in [5, 5.41) is 2.84. The second-order valence-corrected chi connectivity index (χ2v) is 2.32. The fraction of sp³-hybridized carbons (Fsp3) is 0. The van der Waals surface area contributed by atoms with Gasteiger partial charge in [-0.05, 0) is 0 Å². The van der Waals surface area contributed by atoms with E-state index < -0.39 is 0 Å². The van der Waals surface area contributed by atoms with Gasteiger partial charge in [0.05, 0.1) is 18.6 Å². The van der Waals surface area contributed by atoms with Gasteiger partial charge in [-0.1, -0.05) is 0 Å². The molecule has 0 aliphatic carbocycles. The second-order valence-electron chi connectivity index (χ2n) is 2.32. The third kappa shape index (κ3) is 1.73. The predicted molar refractivity (Wildman–Crippen MR) is 46.2 cm³/mol. The van der Waals surface area contributed by atoms with E-state index in [0.717, 1.165) is 0 Å². The first-order valence-electron chi connectivity index (χ1n) is 3.57. The van der Waals surface area contributed by atoms with Crippen molar-refractivity contribution in [3.05, 3.63) is 25.0 Å². The molecule has 13 heavy (non-hydrogen) atoms. The molecule has 0 spiro atoms. The molecule has 0 aliphatic rings. The van der Waals surface area contributed by atoms with Gasteiger partial charge in [0.2, 0.25) is 5.88 Å². The molecule has 0 unspecified atom stereocenters. The zero-order valence-corrected chi connectivity index (χ0v) is 6.64. The summed E-state index contributed by atoms with van der Waals surface area (Å²) in [5.74, 6) is 1.38. The molecule has 0 saturated heterocycles. The van der Waals surface area contributed by atoms with E-state index >= 15 is 0 Å². The molecule has 0 aromatic carbocycles. The molecule has 0 atom stereocenters. The molecular formula is C7H7N5O. The fourth-order valence-electron chi connectivity index (χ4n) is 0.845. The van der Waals surface area contributed by atoms with Crippen LogP contribution in [0.4, 0.5) is 17.5 Å². The standard InChI is InChI=1S/C7H7N5O/c8-5-1-9-2-6(11-5)12-7-3-10-4-13-7/h1-4H,(H3,8,11,12). The van der Waals surface area contributed by atoms with Crippen molar-refractivity contribution in [3.8, 4) is 0 Å². The molecule has 0 fully saturated rings. The normalized spacial score (nSPS) is 9.85. The summed E-state index contributed by atoms with van der Waals surface area (Å²) in [7, 11) is 0. The van der Waals surface area contributed by atoms with Crippen molar-refractivity contribution in [1.29, 1.82) is 0 Å². The highest BCUT2D eigenvalue weighted by Gasteiger charge is 1.98. The molecule has 2 aromatic heterocycles. The first-order valence-corrected chi connectivity index (χ1v) is 3.57. The van der Waals surface area contributed by atoms with Crippen LogP contribution < -0.4 is 11.1 Å². The van der Waals surface area contributed by atoms with Crippen LogP contribution in [-0.2, 0) is 0 Å². The number of rotatable bonds is 2. The Morgan fingerprint density at radius 2 is 2.15 bits per heavy atom. The van der Waals surface area contributed by atoms with Crippen LogP contribution in [-0.4, -0.2) is 15.0 Å². The van der Waals surface area contributed by atoms with E-state index in [1.165, 1.54) is 18.8 Å². The van der Waals surface area contributed by atoms with Crippen LogP contribution in [0.1, 0.15) is 0 Å². The topological polar surface area (TPSA) is 89.9 Å². The van der Waals surface area contributed by atoms with Crippen molar-refractivity contribution in [1.82, 2.24) is 15.0 Å². The van der Waals surface area contributed by atoms with E-state index in [4.69, 9.17) is 10.2 Å². The van der Waals surface area contributed by atoms with Crippen LogP contribution in [0, 0.1) is 0 Å². The molecule has 0 bridgehead atoms. The van der Waals surface area contributed by atoms with Gasteiger partial charge < -0.3 is 15.5 Å². The Morgan fingerprint density at radius 1 is 1.23 bits per heavy atom. The number of nitrogens with zero attached hydrogens (tertiary/aromatic N) is 3. The summed E-state index contributed by atoms with van der Waals surface area (Å²) in [6, 6.07) is 0. The van der Waals surface area contributed by atoms with E-state index in [1.807, 2.05) is 0 Å². The van der Waals surface area contributed by atoms with E-state index in [2.05, 4.69) is 20.3 Å². The number of aromatic nitrogens is 3. The summed E-state index contributed by atoms with van der Waals surface area (Å²) >= 11 is 0. The van der Waals surface area contributed by atoms with Gasteiger partial charge in [-0.2, -0.15) is 0 Å². The molecule has 2 rings (SSSR count). The minimum atomic E-state index is 0.351. The quantitative estimate of drug-likeness (QED) is 0.704. The molecule has 66 valence electrons. The number of hydrogen-bond donors (Lipinski definition) is 2. The van der Waals surface area contributed by atoms with Crippen LogP contribution in [0.3, 0.4) is 0 Å².